The Morgan fingerprint density at radius 3 is 2.34 bits per heavy atom. The first kappa shape index (κ1) is 23.3. The molecule has 0 spiro atoms. The highest BCUT2D eigenvalue weighted by atomic mass is 16.6. The molecule has 32 heavy (non-hydrogen) atoms. The molecule has 0 aliphatic carbocycles. The van der Waals surface area contributed by atoms with Gasteiger partial charge in [0.15, 0.2) is 0 Å². The molecule has 2 fully saturated rings. The number of carbonyl (C=O) groups excluding carboxylic acids is 3. The van der Waals surface area contributed by atoms with Crippen molar-refractivity contribution < 1.29 is 38.9 Å². The molecule has 2 N–H and O–H groups in total. The average Bonchev–Trinajstić information content (AvgIpc) is 3.10. The van der Waals surface area contributed by atoms with Gasteiger partial charge in [-0.15, -0.1) is 0 Å². The lowest BCUT2D eigenvalue weighted by atomic mass is 9.82. The topological polar surface area (TPSA) is 137 Å². The largest absolute Gasteiger partial charge is 0.477 e. The van der Waals surface area contributed by atoms with E-state index in [1.54, 1.807) is 0 Å². The van der Waals surface area contributed by atoms with Gasteiger partial charge in [0.25, 0.3) is 0 Å². The van der Waals surface area contributed by atoms with Crippen LogP contribution < -0.4 is 0 Å². The van der Waals surface area contributed by atoms with Crippen LogP contribution in [0.25, 0.3) is 0 Å². The Balaban J connectivity index is 1.94. The number of carboxylic acids is 1. The zero-order chi connectivity index (χ0) is 23.6. The van der Waals surface area contributed by atoms with Crippen LogP contribution in [0.3, 0.4) is 0 Å². The van der Waals surface area contributed by atoms with Crippen molar-refractivity contribution in [2.45, 2.75) is 31.5 Å². The summed E-state index contributed by atoms with van der Waals surface area (Å²) >= 11 is 0. The quantitative estimate of drug-likeness (QED) is 0.425. The third kappa shape index (κ3) is 4.07. The van der Waals surface area contributed by atoms with E-state index in [1.165, 1.54) is 28.9 Å². The fourth-order valence-corrected chi connectivity index (χ4v) is 4.50. The van der Waals surface area contributed by atoms with Gasteiger partial charge >= 0.3 is 18.2 Å². The molecule has 1 unspecified atom stereocenters. The van der Waals surface area contributed by atoms with Crippen LogP contribution in [-0.2, 0) is 19.1 Å². The molecule has 2 saturated heterocycles. The molecule has 0 radical (unpaired) electrons. The van der Waals surface area contributed by atoms with Crippen LogP contribution in [0.5, 0.6) is 0 Å². The molecule has 3 rings (SSSR count). The maximum Gasteiger partial charge on any atom is 0.410 e. The normalized spacial score (nSPS) is 25.6. The molecule has 0 aromatic heterocycles. The van der Waals surface area contributed by atoms with Crippen LogP contribution >= 0.6 is 0 Å². The Morgan fingerprint density at radius 2 is 1.78 bits per heavy atom. The molecular weight excluding hydrogens is 422 g/mol. The van der Waals surface area contributed by atoms with Crippen molar-refractivity contribution in [3.8, 4) is 0 Å². The van der Waals surface area contributed by atoms with Gasteiger partial charge < -0.3 is 29.5 Å². The number of aliphatic hydroxyl groups excluding tert-OH is 1. The molecule has 3 aliphatic heterocycles. The minimum absolute atomic E-state index is 0.00852. The van der Waals surface area contributed by atoms with Crippen LogP contribution in [0.15, 0.2) is 36.6 Å². The van der Waals surface area contributed by atoms with Crippen molar-refractivity contribution in [3.63, 3.8) is 0 Å². The summed E-state index contributed by atoms with van der Waals surface area (Å²) in [6.45, 7) is 8.68. The predicted molar refractivity (Wildman–Crippen MR) is 110 cm³/mol. The first-order valence-electron chi connectivity index (χ1n) is 10.3. The van der Waals surface area contributed by atoms with E-state index >= 15 is 0 Å². The number of rotatable bonds is 7. The fourth-order valence-electron chi connectivity index (χ4n) is 4.50. The van der Waals surface area contributed by atoms with Gasteiger partial charge in [0, 0.05) is 19.6 Å². The summed E-state index contributed by atoms with van der Waals surface area (Å²) in [5, 5.41) is 19.8. The summed E-state index contributed by atoms with van der Waals surface area (Å²) in [6.07, 6.45) is 0.750. The third-order valence-corrected chi connectivity index (χ3v) is 5.89. The number of aliphatic carboxylic acids is 1. The zero-order valence-corrected chi connectivity index (χ0v) is 17.8. The van der Waals surface area contributed by atoms with E-state index in [9.17, 15) is 29.4 Å². The molecule has 11 heteroatoms. The SMILES string of the molecule is C=CCOC(=O)N1CCN(C(=O)OCC=C)C(C2=C(C(=O)O)N3C(=O)[C@H]([C@@H](C)O)[C@H]3C2)C1. The summed E-state index contributed by atoms with van der Waals surface area (Å²) in [7, 11) is 0. The summed E-state index contributed by atoms with van der Waals surface area (Å²) in [5.41, 5.74) is 0.112. The number of carbonyl (C=O) groups is 4. The highest BCUT2D eigenvalue weighted by Gasteiger charge is 2.58. The number of aliphatic hydroxyl groups is 1. The van der Waals surface area contributed by atoms with E-state index in [4.69, 9.17) is 9.47 Å². The minimum Gasteiger partial charge on any atom is -0.477 e. The van der Waals surface area contributed by atoms with Crippen LogP contribution in [-0.4, -0.2) is 100 Å². The summed E-state index contributed by atoms with van der Waals surface area (Å²) in [4.78, 5) is 53.6. The molecule has 11 nitrogen and oxygen atoms in total. The lowest BCUT2D eigenvalue weighted by molar-refractivity contribution is -0.161. The predicted octanol–water partition coefficient (Wildman–Crippen LogP) is 0.568. The van der Waals surface area contributed by atoms with Gasteiger partial charge in [-0.1, -0.05) is 25.3 Å². The van der Waals surface area contributed by atoms with E-state index in [1.807, 2.05) is 0 Å². The molecule has 174 valence electrons. The van der Waals surface area contributed by atoms with Crippen LogP contribution in [0.2, 0.25) is 0 Å². The molecule has 4 atom stereocenters. The lowest BCUT2D eigenvalue weighted by Crippen LogP contribution is -2.61. The Bertz CT molecular complexity index is 867. The fraction of sp³-hybridized carbons (Fsp3) is 0.524. The zero-order valence-electron chi connectivity index (χ0n) is 17.8. The number of nitrogens with zero attached hydrogens (tertiary/aromatic N) is 3. The van der Waals surface area contributed by atoms with E-state index in [0.717, 1.165) is 4.90 Å². The van der Waals surface area contributed by atoms with Gasteiger partial charge in [0.05, 0.1) is 24.1 Å². The van der Waals surface area contributed by atoms with Crippen LogP contribution in [0, 0.1) is 5.92 Å². The Labute approximate surface area is 185 Å². The van der Waals surface area contributed by atoms with Crippen LogP contribution in [0.1, 0.15) is 13.3 Å². The van der Waals surface area contributed by atoms with Crippen molar-refractivity contribution in [1.29, 1.82) is 0 Å². The number of fused-ring (bicyclic) bond motifs is 1. The second kappa shape index (κ2) is 9.43. The second-order valence-electron chi connectivity index (χ2n) is 7.81. The third-order valence-electron chi connectivity index (χ3n) is 5.89. The molecule has 3 heterocycles. The first-order valence-corrected chi connectivity index (χ1v) is 10.3. The Kier molecular flexibility index (Phi) is 6.87. The van der Waals surface area contributed by atoms with E-state index in [0.29, 0.717) is 5.57 Å². The van der Waals surface area contributed by atoms with Gasteiger partial charge in [-0.05, 0) is 18.9 Å². The van der Waals surface area contributed by atoms with Crippen molar-refractivity contribution in [2.24, 2.45) is 5.92 Å². The van der Waals surface area contributed by atoms with E-state index in [2.05, 4.69) is 13.2 Å². The molecule has 0 aromatic rings. The highest BCUT2D eigenvalue weighted by Crippen LogP contribution is 2.45. The van der Waals surface area contributed by atoms with Crippen molar-refractivity contribution in [3.05, 3.63) is 36.6 Å². The molecule has 0 saturated carbocycles. The van der Waals surface area contributed by atoms with E-state index < -0.39 is 48.2 Å². The lowest BCUT2D eigenvalue weighted by Gasteiger charge is -2.44. The van der Waals surface area contributed by atoms with Crippen molar-refractivity contribution >= 4 is 24.1 Å². The summed E-state index contributed by atoms with van der Waals surface area (Å²) in [5.74, 6) is -2.51. The van der Waals surface area contributed by atoms with Gasteiger partial charge in [-0.2, -0.15) is 0 Å². The second-order valence-corrected chi connectivity index (χ2v) is 7.81. The molecule has 0 aromatic carbocycles. The molecule has 3 amide bonds. The summed E-state index contributed by atoms with van der Waals surface area (Å²) < 4.78 is 10.2. The van der Waals surface area contributed by atoms with Gasteiger partial charge in [-0.3, -0.25) is 9.69 Å². The summed E-state index contributed by atoms with van der Waals surface area (Å²) in [6, 6.07) is -1.35. The van der Waals surface area contributed by atoms with Crippen LogP contribution in [0.4, 0.5) is 9.59 Å². The molecule has 3 aliphatic rings. The van der Waals surface area contributed by atoms with Crippen molar-refractivity contribution in [2.75, 3.05) is 32.8 Å². The highest BCUT2D eigenvalue weighted by molar-refractivity contribution is 6.00. The van der Waals surface area contributed by atoms with Gasteiger partial charge in [-0.25, -0.2) is 14.4 Å². The standard InChI is InChI=1S/C21H27N3O8/c1-4-8-31-20(29)22-6-7-23(21(30)32-9-5-2)15(11-22)13-10-14-16(12(3)25)18(26)24(14)17(13)19(27)28/h4-5,12,14-16,25H,1-2,6-11H2,3H3,(H,27,28)/t12-,14-,15?,16-/m1/s1. The number of amides is 3. The number of piperazine rings is 1. The Hall–Kier alpha value is -3.34. The van der Waals surface area contributed by atoms with Crippen molar-refractivity contribution in [1.82, 2.24) is 14.7 Å². The number of hydrogen-bond donors (Lipinski definition) is 2. The van der Waals surface area contributed by atoms with Gasteiger partial charge in [0.1, 0.15) is 18.9 Å². The molecule has 0 bridgehead atoms. The first-order chi connectivity index (χ1) is 15.2. The monoisotopic (exact) mass is 449 g/mol. The Morgan fingerprint density at radius 1 is 1.16 bits per heavy atom. The number of hydrogen-bond acceptors (Lipinski definition) is 7. The average molecular weight is 449 g/mol. The maximum absolute atomic E-state index is 12.7. The number of carboxylic acid groups (broad SMARTS) is 1. The maximum atomic E-state index is 12.7. The number of β-lactam (4-membered cyclic amide) rings is 1. The number of ether oxygens (including phenoxy) is 2. The van der Waals surface area contributed by atoms with Gasteiger partial charge in [0.2, 0.25) is 5.91 Å². The minimum atomic E-state index is -1.31. The smallest absolute Gasteiger partial charge is 0.410 e. The van der Waals surface area contributed by atoms with E-state index in [-0.39, 0.29) is 45.0 Å². The molecular formula is C21H27N3O8.